The molecular formula is C23H23N5O3S. The molecule has 0 aliphatic rings. The van der Waals surface area contributed by atoms with Crippen LogP contribution < -0.4 is 10.5 Å². The number of aryl methyl sites for hydroxylation is 2. The smallest absolute Gasteiger partial charge is 0.348 e. The van der Waals surface area contributed by atoms with Crippen LogP contribution in [0.2, 0.25) is 0 Å². The van der Waals surface area contributed by atoms with Crippen molar-refractivity contribution in [2.24, 2.45) is 0 Å². The Labute approximate surface area is 189 Å². The first-order valence-corrected chi connectivity index (χ1v) is 10.8. The Morgan fingerprint density at radius 3 is 2.75 bits per heavy atom. The van der Waals surface area contributed by atoms with Gasteiger partial charge in [-0.2, -0.15) is 0 Å². The second-order valence-corrected chi connectivity index (χ2v) is 8.11. The van der Waals surface area contributed by atoms with Crippen molar-refractivity contribution < 1.29 is 14.3 Å². The number of methoxy groups -OCH3 is 1. The van der Waals surface area contributed by atoms with Crippen LogP contribution in [0.4, 0.5) is 5.82 Å². The summed E-state index contributed by atoms with van der Waals surface area (Å²) in [5, 5.41) is 0.692. The van der Waals surface area contributed by atoms with Gasteiger partial charge in [0.05, 0.1) is 36.8 Å². The number of carbonyl (C=O) groups excluding carboxylic acids is 1. The standard InChI is InChI=1S/C23H23N5O3S/c1-5-31-23(29)20-14(3)19-21(24)26-18(27-22(19)32-20)9-7-15-6-8-16(17(10-15)30-4)28-11-13(2)25-12-28/h6-12H,5H2,1-4H3,(H2,24,26,27)/b9-7+. The SMILES string of the molecule is CCOC(=O)c1sc2nc(/C=C/c3ccc(-n4cnc(C)c4)c(OC)c3)nc(N)c2c1C. The zero-order chi connectivity index (χ0) is 22.8. The highest BCUT2D eigenvalue weighted by Crippen LogP contribution is 2.33. The van der Waals surface area contributed by atoms with Gasteiger partial charge in [0.25, 0.3) is 0 Å². The lowest BCUT2D eigenvalue weighted by Crippen LogP contribution is -2.03. The van der Waals surface area contributed by atoms with E-state index in [0.717, 1.165) is 22.5 Å². The summed E-state index contributed by atoms with van der Waals surface area (Å²) in [6.45, 7) is 5.85. The topological polar surface area (TPSA) is 105 Å². The predicted octanol–water partition coefficient (Wildman–Crippen LogP) is 4.43. The van der Waals surface area contributed by atoms with E-state index < -0.39 is 0 Å². The molecular weight excluding hydrogens is 426 g/mol. The molecule has 1 aromatic carbocycles. The van der Waals surface area contributed by atoms with Gasteiger partial charge in [0.15, 0.2) is 5.82 Å². The lowest BCUT2D eigenvalue weighted by molar-refractivity contribution is 0.0531. The monoisotopic (exact) mass is 449 g/mol. The molecule has 164 valence electrons. The number of esters is 1. The van der Waals surface area contributed by atoms with Crippen molar-refractivity contribution in [2.75, 3.05) is 19.5 Å². The summed E-state index contributed by atoms with van der Waals surface area (Å²) in [5.41, 5.74) is 9.67. The largest absolute Gasteiger partial charge is 0.495 e. The molecule has 0 bridgehead atoms. The van der Waals surface area contributed by atoms with Gasteiger partial charge >= 0.3 is 5.97 Å². The van der Waals surface area contributed by atoms with E-state index in [1.54, 1.807) is 26.4 Å². The molecule has 9 heteroatoms. The molecule has 4 rings (SSSR count). The normalized spacial score (nSPS) is 11.4. The molecule has 4 aromatic rings. The van der Waals surface area contributed by atoms with Crippen LogP contribution in [0.3, 0.4) is 0 Å². The van der Waals surface area contributed by atoms with Crippen LogP contribution in [0.5, 0.6) is 5.75 Å². The number of anilines is 1. The van der Waals surface area contributed by atoms with E-state index >= 15 is 0 Å². The maximum atomic E-state index is 12.2. The molecule has 0 aliphatic carbocycles. The van der Waals surface area contributed by atoms with Gasteiger partial charge in [-0.25, -0.2) is 19.7 Å². The van der Waals surface area contributed by atoms with Gasteiger partial charge in [-0.15, -0.1) is 11.3 Å². The quantitative estimate of drug-likeness (QED) is 0.434. The number of fused-ring (bicyclic) bond motifs is 1. The number of carbonyl (C=O) groups is 1. The predicted molar refractivity (Wildman–Crippen MR) is 126 cm³/mol. The molecule has 0 saturated carbocycles. The highest BCUT2D eigenvalue weighted by molar-refractivity contribution is 7.20. The van der Waals surface area contributed by atoms with Gasteiger partial charge < -0.3 is 19.8 Å². The van der Waals surface area contributed by atoms with Gasteiger partial charge in [0.2, 0.25) is 0 Å². The van der Waals surface area contributed by atoms with Crippen molar-refractivity contribution in [2.45, 2.75) is 20.8 Å². The number of thiophene rings is 1. The third-order valence-electron chi connectivity index (χ3n) is 4.91. The van der Waals surface area contributed by atoms with Crippen molar-refractivity contribution >= 4 is 45.5 Å². The van der Waals surface area contributed by atoms with Crippen molar-refractivity contribution in [3.05, 3.63) is 58.2 Å². The van der Waals surface area contributed by atoms with Crippen LogP contribution in [0.1, 0.15) is 39.2 Å². The van der Waals surface area contributed by atoms with Crippen LogP contribution in [0.25, 0.3) is 28.1 Å². The zero-order valence-electron chi connectivity index (χ0n) is 18.2. The number of nitrogens with zero attached hydrogens (tertiary/aromatic N) is 4. The fourth-order valence-corrected chi connectivity index (χ4v) is 4.48. The van der Waals surface area contributed by atoms with E-state index in [-0.39, 0.29) is 5.97 Å². The van der Waals surface area contributed by atoms with Crippen molar-refractivity contribution in [1.82, 2.24) is 19.5 Å². The summed E-state index contributed by atoms with van der Waals surface area (Å²) in [7, 11) is 1.63. The van der Waals surface area contributed by atoms with Gasteiger partial charge in [0.1, 0.15) is 21.3 Å². The average molecular weight is 450 g/mol. The Bertz CT molecular complexity index is 1340. The minimum atomic E-state index is -0.371. The first-order valence-electron chi connectivity index (χ1n) is 10.0. The highest BCUT2D eigenvalue weighted by Gasteiger charge is 2.20. The average Bonchev–Trinajstić information content (AvgIpc) is 3.35. The Morgan fingerprint density at radius 2 is 2.06 bits per heavy atom. The summed E-state index contributed by atoms with van der Waals surface area (Å²) in [6, 6.07) is 5.86. The van der Waals surface area contributed by atoms with E-state index in [0.29, 0.717) is 39.1 Å². The number of nitrogen functional groups attached to an aromatic ring is 1. The first-order chi connectivity index (χ1) is 15.4. The van der Waals surface area contributed by atoms with Crippen molar-refractivity contribution in [1.29, 1.82) is 0 Å². The third-order valence-corrected chi connectivity index (χ3v) is 6.08. The maximum Gasteiger partial charge on any atom is 0.348 e. The molecule has 0 saturated heterocycles. The summed E-state index contributed by atoms with van der Waals surface area (Å²) in [5.74, 6) is 1.14. The maximum absolute atomic E-state index is 12.2. The molecule has 0 spiro atoms. The zero-order valence-corrected chi connectivity index (χ0v) is 19.1. The van der Waals surface area contributed by atoms with E-state index in [2.05, 4.69) is 15.0 Å². The molecule has 32 heavy (non-hydrogen) atoms. The fraction of sp³-hybridized carbons (Fsp3) is 0.217. The summed E-state index contributed by atoms with van der Waals surface area (Å²) in [4.78, 5) is 26.6. The Hall–Kier alpha value is -3.72. The number of aromatic nitrogens is 4. The fourth-order valence-electron chi connectivity index (χ4n) is 3.39. The number of nitrogens with two attached hydrogens (primary N) is 1. The van der Waals surface area contributed by atoms with E-state index in [4.69, 9.17) is 15.2 Å². The number of rotatable bonds is 6. The van der Waals surface area contributed by atoms with Gasteiger partial charge in [-0.1, -0.05) is 12.1 Å². The van der Waals surface area contributed by atoms with Crippen molar-refractivity contribution in [3.8, 4) is 11.4 Å². The molecule has 0 unspecified atom stereocenters. The number of benzene rings is 1. The molecule has 0 aliphatic heterocycles. The lowest BCUT2D eigenvalue weighted by atomic mass is 10.1. The Balaban J connectivity index is 1.65. The minimum Gasteiger partial charge on any atom is -0.495 e. The molecule has 0 atom stereocenters. The van der Waals surface area contributed by atoms with E-state index in [9.17, 15) is 4.79 Å². The van der Waals surface area contributed by atoms with Gasteiger partial charge in [-0.3, -0.25) is 0 Å². The molecule has 0 amide bonds. The van der Waals surface area contributed by atoms with Crippen LogP contribution in [0.15, 0.2) is 30.7 Å². The first kappa shape index (κ1) is 21.5. The molecule has 0 radical (unpaired) electrons. The minimum absolute atomic E-state index is 0.310. The van der Waals surface area contributed by atoms with E-state index in [1.807, 2.05) is 48.9 Å². The van der Waals surface area contributed by atoms with Crippen LogP contribution >= 0.6 is 11.3 Å². The Morgan fingerprint density at radius 1 is 1.25 bits per heavy atom. The highest BCUT2D eigenvalue weighted by atomic mass is 32.1. The van der Waals surface area contributed by atoms with Gasteiger partial charge in [0, 0.05) is 6.20 Å². The van der Waals surface area contributed by atoms with Crippen LogP contribution in [-0.4, -0.2) is 39.2 Å². The number of ether oxygens (including phenoxy) is 2. The molecule has 3 aromatic heterocycles. The number of hydrogen-bond acceptors (Lipinski definition) is 8. The molecule has 8 nitrogen and oxygen atoms in total. The molecule has 3 heterocycles. The number of imidazole rings is 1. The lowest BCUT2D eigenvalue weighted by Gasteiger charge is -2.10. The van der Waals surface area contributed by atoms with Crippen molar-refractivity contribution in [3.63, 3.8) is 0 Å². The van der Waals surface area contributed by atoms with E-state index in [1.165, 1.54) is 11.3 Å². The number of hydrogen-bond donors (Lipinski definition) is 1. The summed E-state index contributed by atoms with van der Waals surface area (Å²) >= 11 is 1.26. The Kier molecular flexibility index (Phi) is 5.91. The van der Waals surface area contributed by atoms with Gasteiger partial charge in [-0.05, 0) is 50.1 Å². The summed E-state index contributed by atoms with van der Waals surface area (Å²) in [6.07, 6.45) is 7.36. The second kappa shape index (κ2) is 8.80. The second-order valence-electron chi connectivity index (χ2n) is 7.11. The van der Waals surface area contributed by atoms with Crippen LogP contribution in [0, 0.1) is 13.8 Å². The summed E-state index contributed by atoms with van der Waals surface area (Å²) < 4.78 is 12.6. The molecule has 2 N–H and O–H groups in total. The third kappa shape index (κ3) is 4.06. The van der Waals surface area contributed by atoms with Crippen LogP contribution in [-0.2, 0) is 4.74 Å². The molecule has 0 fully saturated rings.